The van der Waals surface area contributed by atoms with Crippen LogP contribution in [-0.4, -0.2) is 31.3 Å². The number of rotatable bonds is 5. The van der Waals surface area contributed by atoms with E-state index in [9.17, 15) is 13.2 Å². The predicted molar refractivity (Wildman–Crippen MR) is 108 cm³/mol. The summed E-state index contributed by atoms with van der Waals surface area (Å²) in [6, 6.07) is 12.0. The van der Waals surface area contributed by atoms with Gasteiger partial charge >= 0.3 is 5.91 Å². The molecule has 3 heterocycles. The minimum Gasteiger partial charge on any atom is -0.459 e. The lowest BCUT2D eigenvalue weighted by Gasteiger charge is -2.19. The summed E-state index contributed by atoms with van der Waals surface area (Å²) >= 11 is 1.56. The van der Waals surface area contributed by atoms with Gasteiger partial charge in [0.15, 0.2) is 5.76 Å². The molecule has 0 radical (unpaired) electrons. The Hall–Kier alpha value is -2.91. The molecule has 1 aliphatic rings. The second kappa shape index (κ2) is 7.25. The molecule has 1 N–H and O–H groups in total. The van der Waals surface area contributed by atoms with Gasteiger partial charge in [-0.2, -0.15) is 16.4 Å². The number of thiophene rings is 1. The number of hydrazone groups is 1. The lowest BCUT2D eigenvalue weighted by atomic mass is 10.0. The highest BCUT2D eigenvalue weighted by atomic mass is 32.2. The van der Waals surface area contributed by atoms with Crippen LogP contribution in [0.1, 0.15) is 34.1 Å². The monoisotopic (exact) mass is 415 g/mol. The molecule has 1 aromatic carbocycles. The van der Waals surface area contributed by atoms with Crippen molar-refractivity contribution < 1.29 is 17.6 Å². The van der Waals surface area contributed by atoms with Crippen molar-refractivity contribution in [1.29, 1.82) is 0 Å². The van der Waals surface area contributed by atoms with Crippen LogP contribution in [0.25, 0.3) is 0 Å². The molecule has 0 spiro atoms. The molecular weight excluding hydrogens is 398 g/mol. The number of furan rings is 1. The molecule has 0 bridgehead atoms. The van der Waals surface area contributed by atoms with Crippen molar-refractivity contribution in [1.82, 2.24) is 5.01 Å². The van der Waals surface area contributed by atoms with Crippen LogP contribution in [0.3, 0.4) is 0 Å². The van der Waals surface area contributed by atoms with Gasteiger partial charge in [0.2, 0.25) is 10.0 Å². The number of nitrogens with zero attached hydrogens (tertiary/aromatic N) is 2. The highest BCUT2D eigenvalue weighted by Gasteiger charge is 2.34. The molecule has 1 aliphatic heterocycles. The highest BCUT2D eigenvalue weighted by molar-refractivity contribution is 7.92. The third kappa shape index (κ3) is 3.85. The topological polar surface area (TPSA) is 92.0 Å². The van der Waals surface area contributed by atoms with Crippen molar-refractivity contribution in [3.63, 3.8) is 0 Å². The van der Waals surface area contributed by atoms with Crippen molar-refractivity contribution in [2.45, 2.75) is 12.5 Å². The summed E-state index contributed by atoms with van der Waals surface area (Å²) in [5.41, 5.74) is 3.07. The molecule has 9 heteroatoms. The molecule has 0 aliphatic carbocycles. The van der Waals surface area contributed by atoms with E-state index in [0.29, 0.717) is 12.1 Å². The highest BCUT2D eigenvalue weighted by Crippen LogP contribution is 2.35. The molecule has 3 aromatic rings. The Morgan fingerprint density at radius 1 is 1.25 bits per heavy atom. The van der Waals surface area contributed by atoms with Gasteiger partial charge in [-0.3, -0.25) is 9.52 Å². The van der Waals surface area contributed by atoms with Crippen molar-refractivity contribution in [2.24, 2.45) is 5.10 Å². The maximum atomic E-state index is 12.9. The number of sulfonamides is 1. The summed E-state index contributed by atoms with van der Waals surface area (Å²) in [4.78, 5) is 12.9. The van der Waals surface area contributed by atoms with E-state index in [-0.39, 0.29) is 17.7 Å². The average molecular weight is 415 g/mol. The lowest BCUT2D eigenvalue weighted by molar-refractivity contribution is 0.0679. The summed E-state index contributed by atoms with van der Waals surface area (Å²) in [6.07, 6.45) is 3.12. The Morgan fingerprint density at radius 2 is 2.04 bits per heavy atom. The number of anilines is 1. The number of amides is 1. The quantitative estimate of drug-likeness (QED) is 0.688. The molecule has 28 heavy (non-hydrogen) atoms. The summed E-state index contributed by atoms with van der Waals surface area (Å²) in [5, 5.41) is 9.99. The van der Waals surface area contributed by atoms with Crippen LogP contribution in [-0.2, 0) is 10.0 Å². The van der Waals surface area contributed by atoms with Crippen LogP contribution in [0.4, 0.5) is 5.69 Å². The summed E-state index contributed by atoms with van der Waals surface area (Å²) in [5.74, 6) is -0.0653. The molecule has 2 aromatic heterocycles. The van der Waals surface area contributed by atoms with Crippen molar-refractivity contribution in [3.05, 3.63) is 76.4 Å². The molecule has 0 saturated carbocycles. The largest absolute Gasteiger partial charge is 0.459 e. The third-order valence-electron chi connectivity index (χ3n) is 4.30. The second-order valence-electron chi connectivity index (χ2n) is 6.40. The molecule has 0 fully saturated rings. The molecule has 4 rings (SSSR count). The van der Waals surface area contributed by atoms with Gasteiger partial charge in [0.1, 0.15) is 0 Å². The van der Waals surface area contributed by atoms with E-state index in [2.05, 4.69) is 9.82 Å². The average Bonchev–Trinajstić information content (AvgIpc) is 3.40. The lowest BCUT2D eigenvalue weighted by Crippen LogP contribution is -2.26. The van der Waals surface area contributed by atoms with Crippen molar-refractivity contribution >= 4 is 38.7 Å². The van der Waals surface area contributed by atoms with E-state index >= 15 is 0 Å². The Balaban J connectivity index is 1.64. The van der Waals surface area contributed by atoms with Crippen LogP contribution in [0, 0.1) is 0 Å². The Bertz CT molecular complexity index is 1100. The number of carbonyl (C=O) groups is 1. The van der Waals surface area contributed by atoms with Crippen LogP contribution in [0.15, 0.2) is 69.0 Å². The van der Waals surface area contributed by atoms with Crippen molar-refractivity contribution in [2.75, 3.05) is 11.0 Å². The van der Waals surface area contributed by atoms with Gasteiger partial charge in [-0.1, -0.05) is 12.1 Å². The minimum absolute atomic E-state index is 0.215. The van der Waals surface area contributed by atoms with E-state index in [1.807, 2.05) is 16.8 Å². The molecule has 1 amide bonds. The van der Waals surface area contributed by atoms with Gasteiger partial charge in [0.25, 0.3) is 0 Å². The summed E-state index contributed by atoms with van der Waals surface area (Å²) in [6.45, 7) is 0. The second-order valence-corrected chi connectivity index (χ2v) is 8.93. The molecule has 0 unspecified atom stereocenters. The van der Waals surface area contributed by atoms with E-state index in [4.69, 9.17) is 4.42 Å². The van der Waals surface area contributed by atoms with Crippen LogP contribution in [0.2, 0.25) is 0 Å². The zero-order valence-corrected chi connectivity index (χ0v) is 16.5. The van der Waals surface area contributed by atoms with Crippen molar-refractivity contribution in [3.8, 4) is 0 Å². The maximum absolute atomic E-state index is 12.9. The molecule has 144 valence electrons. The van der Waals surface area contributed by atoms with Crippen LogP contribution < -0.4 is 4.72 Å². The summed E-state index contributed by atoms with van der Waals surface area (Å²) < 4.78 is 30.4. The van der Waals surface area contributed by atoms with Gasteiger partial charge in [-0.25, -0.2) is 13.4 Å². The first-order chi connectivity index (χ1) is 13.4. The van der Waals surface area contributed by atoms with E-state index in [0.717, 1.165) is 23.1 Å². The SMILES string of the molecule is CS(=O)(=O)Nc1ccc(C2=NN(C(=O)c3ccco3)[C@H](c3ccsc3)C2)cc1. The maximum Gasteiger partial charge on any atom is 0.310 e. The number of hydrogen-bond donors (Lipinski definition) is 1. The van der Waals surface area contributed by atoms with Gasteiger partial charge < -0.3 is 4.42 Å². The molecule has 7 nitrogen and oxygen atoms in total. The van der Waals surface area contributed by atoms with Gasteiger partial charge in [0.05, 0.1) is 24.3 Å². The molecule has 0 saturated heterocycles. The van der Waals surface area contributed by atoms with Gasteiger partial charge in [-0.05, 0) is 52.2 Å². The zero-order chi connectivity index (χ0) is 19.7. The van der Waals surface area contributed by atoms with Gasteiger partial charge in [-0.15, -0.1) is 0 Å². The fraction of sp³-hybridized carbons (Fsp3) is 0.158. The van der Waals surface area contributed by atoms with Crippen LogP contribution in [0.5, 0.6) is 0 Å². The zero-order valence-electron chi connectivity index (χ0n) is 14.9. The predicted octanol–water partition coefficient (Wildman–Crippen LogP) is 3.70. The Kier molecular flexibility index (Phi) is 4.78. The number of carbonyl (C=O) groups excluding carboxylic acids is 1. The van der Waals surface area contributed by atoms with E-state index in [1.165, 1.54) is 11.3 Å². The normalized spacial score (nSPS) is 16.8. The number of hydrogen-bond acceptors (Lipinski definition) is 6. The Labute approximate surface area is 166 Å². The fourth-order valence-corrected chi connectivity index (χ4v) is 4.33. The first-order valence-electron chi connectivity index (χ1n) is 8.45. The fourth-order valence-electron chi connectivity index (χ4n) is 3.05. The van der Waals surface area contributed by atoms with E-state index in [1.54, 1.807) is 47.7 Å². The summed E-state index contributed by atoms with van der Waals surface area (Å²) in [7, 11) is -3.33. The van der Waals surface area contributed by atoms with Crippen LogP contribution >= 0.6 is 11.3 Å². The Morgan fingerprint density at radius 3 is 2.64 bits per heavy atom. The first kappa shape index (κ1) is 18.5. The minimum atomic E-state index is -3.33. The number of nitrogens with one attached hydrogen (secondary N) is 1. The first-order valence-corrected chi connectivity index (χ1v) is 11.3. The molecular formula is C19H17N3O4S2. The smallest absolute Gasteiger partial charge is 0.310 e. The number of benzene rings is 1. The van der Waals surface area contributed by atoms with E-state index < -0.39 is 10.0 Å². The standard InChI is InChI=1S/C19H17N3O4S2/c1-28(24,25)21-15-6-4-13(5-7-15)16-11-17(14-8-10-27-12-14)22(20-16)19(23)18-3-2-9-26-18/h2-10,12,17,21H,11H2,1H3/t17-/m0/s1. The van der Waals surface area contributed by atoms with Gasteiger partial charge in [0, 0.05) is 12.1 Å². The molecule has 1 atom stereocenters. The third-order valence-corrected chi connectivity index (χ3v) is 5.61.